The van der Waals surface area contributed by atoms with Gasteiger partial charge in [-0.2, -0.15) is 5.10 Å². The molecule has 7 heteroatoms. The van der Waals surface area contributed by atoms with Gasteiger partial charge in [0.25, 0.3) is 5.91 Å². The molecule has 0 bridgehead atoms. The molecule has 3 N–H and O–H groups in total. The number of aliphatic hydroxyl groups excluding tert-OH is 2. The van der Waals surface area contributed by atoms with E-state index in [4.69, 9.17) is 4.74 Å². The molecule has 0 saturated heterocycles. The molecule has 0 radical (unpaired) electrons. The number of hydrogen-bond acceptors (Lipinski definition) is 5. The number of rotatable bonds is 4. The minimum atomic E-state index is -1.07. The second kappa shape index (κ2) is 5.75. The number of amides is 1. The van der Waals surface area contributed by atoms with E-state index in [9.17, 15) is 15.0 Å². The molecule has 21 heavy (non-hydrogen) atoms. The minimum absolute atomic E-state index is 0.0188. The van der Waals surface area contributed by atoms with Gasteiger partial charge in [0.15, 0.2) is 5.69 Å². The average molecular weight is 297 g/mol. The van der Waals surface area contributed by atoms with Crippen LogP contribution in [0.4, 0.5) is 0 Å². The molecule has 2 rings (SSSR count). The van der Waals surface area contributed by atoms with Crippen LogP contribution in [0.1, 0.15) is 48.6 Å². The molecule has 0 unspecified atom stereocenters. The summed E-state index contributed by atoms with van der Waals surface area (Å²) >= 11 is 0. The topological polar surface area (TPSA) is 96.6 Å². The molecule has 1 amide bonds. The quantitative estimate of drug-likeness (QED) is 0.722. The van der Waals surface area contributed by atoms with Crippen LogP contribution in [-0.2, 0) is 18.2 Å². The van der Waals surface area contributed by atoms with Crippen LogP contribution in [0, 0.1) is 0 Å². The molecule has 2 atom stereocenters. The predicted molar refractivity (Wildman–Crippen MR) is 75.9 cm³/mol. The van der Waals surface area contributed by atoms with Crippen molar-refractivity contribution in [3.05, 3.63) is 17.0 Å². The van der Waals surface area contributed by atoms with E-state index in [1.165, 1.54) is 0 Å². The lowest BCUT2D eigenvalue weighted by atomic mass is 9.98. The number of aliphatic hydroxyl groups is 2. The highest BCUT2D eigenvalue weighted by molar-refractivity contribution is 5.94. The van der Waals surface area contributed by atoms with Gasteiger partial charge in [0.05, 0.1) is 36.7 Å². The summed E-state index contributed by atoms with van der Waals surface area (Å²) in [4.78, 5) is 12.4. The van der Waals surface area contributed by atoms with Crippen molar-refractivity contribution >= 4 is 5.91 Å². The molecule has 1 aromatic heterocycles. The summed E-state index contributed by atoms with van der Waals surface area (Å²) in [6.45, 7) is 4.78. The summed E-state index contributed by atoms with van der Waals surface area (Å²) in [6, 6.07) is 0. The van der Waals surface area contributed by atoms with Gasteiger partial charge in [0.2, 0.25) is 0 Å². The molecule has 0 spiro atoms. The summed E-state index contributed by atoms with van der Waals surface area (Å²) in [6.07, 6.45) is 0.515. The number of aryl methyl sites for hydroxylation is 1. The number of nitrogens with zero attached hydrogens (tertiary/aromatic N) is 2. The van der Waals surface area contributed by atoms with Crippen molar-refractivity contribution in [1.29, 1.82) is 0 Å². The van der Waals surface area contributed by atoms with Gasteiger partial charge in [-0.1, -0.05) is 0 Å². The first kappa shape index (κ1) is 15.9. The lowest BCUT2D eigenvalue weighted by Gasteiger charge is -2.28. The maximum atomic E-state index is 12.4. The summed E-state index contributed by atoms with van der Waals surface area (Å²) in [5.74, 6) is -0.390. The Morgan fingerprint density at radius 3 is 2.67 bits per heavy atom. The van der Waals surface area contributed by atoms with E-state index in [1.807, 2.05) is 13.8 Å². The maximum absolute atomic E-state index is 12.4. The molecule has 0 fully saturated rings. The first-order valence-electron chi connectivity index (χ1n) is 7.06. The molecular weight excluding hydrogens is 274 g/mol. The molecular formula is C14H23N3O4. The SMILES string of the molecule is C[C@@H]1Cc2c(C(=O)NC(C)(CO)CO)nn(C)c2[C@H](C)O1. The number of ether oxygens (including phenoxy) is 1. The smallest absolute Gasteiger partial charge is 0.272 e. The Kier molecular flexibility index (Phi) is 4.36. The lowest BCUT2D eigenvalue weighted by molar-refractivity contribution is -0.00904. The molecule has 1 aliphatic rings. The summed E-state index contributed by atoms with van der Waals surface area (Å²) in [5, 5.41) is 25.5. The van der Waals surface area contributed by atoms with E-state index in [0.717, 1.165) is 11.3 Å². The summed E-state index contributed by atoms with van der Waals surface area (Å²) < 4.78 is 7.42. The molecule has 1 aromatic rings. The lowest BCUT2D eigenvalue weighted by Crippen LogP contribution is -2.52. The highest BCUT2D eigenvalue weighted by Gasteiger charge is 2.33. The van der Waals surface area contributed by atoms with Crippen LogP contribution >= 0.6 is 0 Å². The van der Waals surface area contributed by atoms with Crippen LogP contribution < -0.4 is 5.32 Å². The Hall–Kier alpha value is -1.44. The molecule has 0 aliphatic carbocycles. The summed E-state index contributed by atoms with van der Waals surface area (Å²) in [7, 11) is 1.78. The van der Waals surface area contributed by atoms with Crippen LogP contribution in [0.3, 0.4) is 0 Å². The molecule has 0 saturated carbocycles. The zero-order valence-corrected chi connectivity index (χ0v) is 12.9. The third-order valence-corrected chi connectivity index (χ3v) is 3.84. The van der Waals surface area contributed by atoms with Gasteiger partial charge >= 0.3 is 0 Å². The van der Waals surface area contributed by atoms with Crippen molar-refractivity contribution in [3.63, 3.8) is 0 Å². The maximum Gasteiger partial charge on any atom is 0.272 e. The van der Waals surface area contributed by atoms with Crippen LogP contribution in [0.25, 0.3) is 0 Å². The normalized spacial score (nSPS) is 22.0. The monoisotopic (exact) mass is 297 g/mol. The fourth-order valence-electron chi connectivity index (χ4n) is 2.68. The van der Waals surface area contributed by atoms with Crippen LogP contribution in [0.5, 0.6) is 0 Å². The Morgan fingerprint density at radius 1 is 1.48 bits per heavy atom. The number of carbonyl (C=O) groups excluding carboxylic acids is 1. The van der Waals surface area contributed by atoms with E-state index in [1.54, 1.807) is 18.7 Å². The van der Waals surface area contributed by atoms with Gasteiger partial charge in [0.1, 0.15) is 0 Å². The minimum Gasteiger partial charge on any atom is -0.394 e. The van der Waals surface area contributed by atoms with Crippen molar-refractivity contribution in [2.24, 2.45) is 7.05 Å². The van der Waals surface area contributed by atoms with Gasteiger partial charge in [-0.25, -0.2) is 0 Å². The van der Waals surface area contributed by atoms with E-state index in [-0.39, 0.29) is 25.4 Å². The van der Waals surface area contributed by atoms with Crippen LogP contribution in [-0.4, -0.2) is 50.8 Å². The highest BCUT2D eigenvalue weighted by atomic mass is 16.5. The highest BCUT2D eigenvalue weighted by Crippen LogP contribution is 2.31. The van der Waals surface area contributed by atoms with Crippen molar-refractivity contribution in [2.75, 3.05) is 13.2 Å². The first-order chi connectivity index (χ1) is 9.81. The molecule has 2 heterocycles. The number of nitrogens with one attached hydrogen (secondary N) is 1. The standard InChI is InChI=1S/C14H23N3O4/c1-8-5-10-11(13(20)15-14(3,6-18)7-19)16-17(4)12(10)9(2)21-8/h8-9,18-19H,5-7H2,1-4H3,(H,15,20)/t8-,9+/m1/s1. The van der Waals surface area contributed by atoms with Crippen molar-refractivity contribution in [3.8, 4) is 0 Å². The number of fused-ring (bicyclic) bond motifs is 1. The van der Waals surface area contributed by atoms with Gasteiger partial charge in [-0.3, -0.25) is 9.48 Å². The number of hydrogen-bond donors (Lipinski definition) is 3. The Morgan fingerprint density at radius 2 is 2.10 bits per heavy atom. The first-order valence-corrected chi connectivity index (χ1v) is 7.06. The van der Waals surface area contributed by atoms with Gasteiger partial charge in [-0.05, 0) is 20.8 Å². The van der Waals surface area contributed by atoms with E-state index < -0.39 is 11.4 Å². The van der Waals surface area contributed by atoms with Crippen molar-refractivity contribution < 1.29 is 19.7 Å². The fourth-order valence-corrected chi connectivity index (χ4v) is 2.68. The third-order valence-electron chi connectivity index (χ3n) is 3.84. The Balaban J connectivity index is 2.33. The fraction of sp³-hybridized carbons (Fsp3) is 0.714. The average Bonchev–Trinajstić information content (AvgIpc) is 2.75. The predicted octanol–water partition coefficient (Wildman–Crippen LogP) is -0.0846. The second-order valence-corrected chi connectivity index (χ2v) is 5.96. The van der Waals surface area contributed by atoms with Crippen molar-refractivity contribution in [1.82, 2.24) is 15.1 Å². The zero-order chi connectivity index (χ0) is 15.8. The molecule has 118 valence electrons. The van der Waals surface area contributed by atoms with Gasteiger partial charge in [0, 0.05) is 19.0 Å². The number of carbonyl (C=O) groups is 1. The number of aromatic nitrogens is 2. The molecule has 7 nitrogen and oxygen atoms in total. The van der Waals surface area contributed by atoms with Gasteiger partial charge in [-0.15, -0.1) is 0 Å². The molecule has 0 aromatic carbocycles. The zero-order valence-electron chi connectivity index (χ0n) is 12.9. The van der Waals surface area contributed by atoms with Crippen LogP contribution in [0.2, 0.25) is 0 Å². The van der Waals surface area contributed by atoms with Crippen LogP contribution in [0.15, 0.2) is 0 Å². The van der Waals surface area contributed by atoms with E-state index in [2.05, 4.69) is 10.4 Å². The third kappa shape index (κ3) is 2.95. The second-order valence-electron chi connectivity index (χ2n) is 5.96. The Labute approximate surface area is 123 Å². The summed E-state index contributed by atoms with van der Waals surface area (Å²) in [5.41, 5.74) is 1.04. The van der Waals surface area contributed by atoms with Crippen molar-refractivity contribution in [2.45, 2.75) is 44.9 Å². The molecule has 1 aliphatic heterocycles. The van der Waals surface area contributed by atoms with E-state index >= 15 is 0 Å². The van der Waals surface area contributed by atoms with Gasteiger partial charge < -0.3 is 20.3 Å². The Bertz CT molecular complexity index is 537. The largest absolute Gasteiger partial charge is 0.394 e. The van der Waals surface area contributed by atoms with E-state index in [0.29, 0.717) is 12.1 Å².